The Labute approximate surface area is 143 Å². The van der Waals surface area contributed by atoms with Gasteiger partial charge < -0.3 is 15.0 Å². The fourth-order valence-corrected chi connectivity index (χ4v) is 2.53. The van der Waals surface area contributed by atoms with Gasteiger partial charge in [0, 0.05) is 6.42 Å². The highest BCUT2D eigenvalue weighted by Gasteiger charge is 2.36. The van der Waals surface area contributed by atoms with Gasteiger partial charge in [0.2, 0.25) is 0 Å². The van der Waals surface area contributed by atoms with E-state index in [1.165, 1.54) is 5.57 Å². The average molecular weight is 395 g/mol. The van der Waals surface area contributed by atoms with E-state index in [0.717, 1.165) is 17.9 Å². The standard InChI is InChI=1S/C12H24NO2S.CHF3O3S/c1-5-15-12(14)11(13)7-9-16(4)8-6-10(2)3;2-1(3,4)8(5,6)7/h6,11H,5,7-9,13H2,1-4H3;(H,5,6,7)/q+1;/p-1. The molecule has 0 aromatic heterocycles. The quantitative estimate of drug-likeness (QED) is 0.230. The minimum Gasteiger partial charge on any atom is -0.741 e. The highest BCUT2D eigenvalue weighted by molar-refractivity contribution is 7.96. The Kier molecular flexibility index (Phi) is 12.4. The maximum atomic E-state index is 11.3. The van der Waals surface area contributed by atoms with Crippen molar-refractivity contribution in [3.8, 4) is 0 Å². The number of halogens is 3. The summed E-state index contributed by atoms with van der Waals surface area (Å²) in [6.07, 6.45) is 5.16. The summed E-state index contributed by atoms with van der Waals surface area (Å²) < 4.78 is 63.8. The van der Waals surface area contributed by atoms with Crippen molar-refractivity contribution in [1.29, 1.82) is 0 Å². The topological polar surface area (TPSA) is 110 Å². The first-order valence-corrected chi connectivity index (χ1v) is 10.3. The minimum absolute atomic E-state index is 0.276. The molecule has 0 bridgehead atoms. The molecule has 0 fully saturated rings. The molecule has 0 aliphatic rings. The molecule has 144 valence electrons. The summed E-state index contributed by atoms with van der Waals surface area (Å²) in [6.45, 7) is 6.40. The van der Waals surface area contributed by atoms with Crippen LogP contribution in [0.15, 0.2) is 11.6 Å². The third-order valence-electron chi connectivity index (χ3n) is 2.43. The molecule has 24 heavy (non-hydrogen) atoms. The van der Waals surface area contributed by atoms with Crippen LogP contribution in [0.5, 0.6) is 0 Å². The van der Waals surface area contributed by atoms with Crippen LogP contribution in [0.25, 0.3) is 0 Å². The van der Waals surface area contributed by atoms with Gasteiger partial charge in [0.1, 0.15) is 17.5 Å². The summed E-state index contributed by atoms with van der Waals surface area (Å²) in [6, 6.07) is -0.457. The maximum Gasteiger partial charge on any atom is 0.485 e. The van der Waals surface area contributed by atoms with Gasteiger partial charge in [-0.05, 0) is 37.7 Å². The molecular formula is C13H24F3NO5S2. The molecule has 0 radical (unpaired) electrons. The van der Waals surface area contributed by atoms with Gasteiger partial charge >= 0.3 is 11.5 Å². The number of esters is 1. The van der Waals surface area contributed by atoms with E-state index in [9.17, 15) is 18.0 Å². The Bertz CT molecular complexity index is 502. The van der Waals surface area contributed by atoms with Gasteiger partial charge in [0.05, 0.1) is 12.9 Å². The zero-order chi connectivity index (χ0) is 19.6. The van der Waals surface area contributed by atoms with E-state index in [0.29, 0.717) is 17.5 Å². The van der Waals surface area contributed by atoms with Crippen molar-refractivity contribution in [2.45, 2.75) is 38.7 Å². The van der Waals surface area contributed by atoms with Crippen molar-refractivity contribution in [2.75, 3.05) is 24.4 Å². The van der Waals surface area contributed by atoms with Crippen LogP contribution in [0.4, 0.5) is 13.2 Å². The Morgan fingerprint density at radius 1 is 1.38 bits per heavy atom. The first kappa shape index (κ1) is 25.5. The minimum atomic E-state index is -6.09. The molecule has 0 aromatic rings. The highest BCUT2D eigenvalue weighted by atomic mass is 32.2. The van der Waals surface area contributed by atoms with E-state index >= 15 is 0 Å². The van der Waals surface area contributed by atoms with Crippen LogP contribution in [0.3, 0.4) is 0 Å². The van der Waals surface area contributed by atoms with Gasteiger partial charge in [0.25, 0.3) is 0 Å². The zero-order valence-electron chi connectivity index (χ0n) is 14.1. The largest absolute Gasteiger partial charge is 0.741 e. The average Bonchev–Trinajstić information content (AvgIpc) is 2.41. The maximum absolute atomic E-state index is 11.3. The van der Waals surface area contributed by atoms with Crippen molar-refractivity contribution in [3.05, 3.63) is 11.6 Å². The molecule has 2 unspecified atom stereocenters. The van der Waals surface area contributed by atoms with E-state index in [1.54, 1.807) is 6.92 Å². The number of ether oxygens (including phenoxy) is 1. The molecular weight excluding hydrogens is 371 g/mol. The molecule has 0 saturated carbocycles. The van der Waals surface area contributed by atoms with Crippen molar-refractivity contribution in [1.82, 2.24) is 0 Å². The third kappa shape index (κ3) is 13.6. The van der Waals surface area contributed by atoms with E-state index in [2.05, 4.69) is 26.2 Å². The van der Waals surface area contributed by atoms with Gasteiger partial charge in [-0.3, -0.25) is 4.79 Å². The number of alkyl halides is 3. The number of hydrogen-bond donors (Lipinski definition) is 1. The molecule has 2 N–H and O–H groups in total. The number of carbonyl (C=O) groups excluding carboxylic acids is 1. The van der Waals surface area contributed by atoms with Crippen LogP contribution in [-0.4, -0.2) is 54.9 Å². The first-order chi connectivity index (χ1) is 10.7. The number of hydrogen-bond acceptors (Lipinski definition) is 6. The van der Waals surface area contributed by atoms with Gasteiger partial charge in [-0.25, -0.2) is 8.42 Å². The van der Waals surface area contributed by atoms with E-state index in [1.807, 2.05) is 0 Å². The Balaban J connectivity index is 0. The molecule has 6 nitrogen and oxygen atoms in total. The van der Waals surface area contributed by atoms with Crippen molar-refractivity contribution < 1.29 is 35.7 Å². The Morgan fingerprint density at radius 3 is 2.17 bits per heavy atom. The van der Waals surface area contributed by atoms with Crippen LogP contribution >= 0.6 is 0 Å². The number of carbonyl (C=O) groups is 1. The van der Waals surface area contributed by atoms with Crippen LogP contribution < -0.4 is 5.73 Å². The van der Waals surface area contributed by atoms with Gasteiger partial charge in [-0.2, -0.15) is 13.2 Å². The number of nitrogens with two attached hydrogens (primary N) is 1. The lowest BCUT2D eigenvalue weighted by Crippen LogP contribution is -2.34. The van der Waals surface area contributed by atoms with Crippen LogP contribution in [0.1, 0.15) is 27.2 Å². The predicted molar refractivity (Wildman–Crippen MR) is 87.4 cm³/mol. The lowest BCUT2D eigenvalue weighted by atomic mass is 10.2. The van der Waals surface area contributed by atoms with Crippen molar-refractivity contribution in [2.24, 2.45) is 5.73 Å². The SMILES string of the molecule is CCOC(=O)C(N)CC[S+](C)CC=C(C)C.O=S(=O)([O-])C(F)(F)F. The van der Waals surface area contributed by atoms with Gasteiger partial charge in [-0.1, -0.05) is 5.57 Å². The molecule has 0 spiro atoms. The lowest BCUT2D eigenvalue weighted by Gasteiger charge is -2.09. The predicted octanol–water partition coefficient (Wildman–Crippen LogP) is 1.53. The Hall–Kier alpha value is -0.780. The molecule has 0 aliphatic carbocycles. The summed E-state index contributed by atoms with van der Waals surface area (Å²) >= 11 is 0. The van der Waals surface area contributed by atoms with E-state index < -0.39 is 21.7 Å². The summed E-state index contributed by atoms with van der Waals surface area (Å²) in [5.41, 5.74) is 1.42. The molecule has 0 amide bonds. The fraction of sp³-hybridized carbons (Fsp3) is 0.769. The van der Waals surface area contributed by atoms with Gasteiger partial charge in [0.15, 0.2) is 10.1 Å². The summed E-state index contributed by atoms with van der Waals surface area (Å²) in [5.74, 6) is 1.79. The molecule has 0 heterocycles. The molecule has 0 saturated heterocycles. The monoisotopic (exact) mass is 395 g/mol. The summed E-state index contributed by atoms with van der Waals surface area (Å²) in [5, 5.41) is 0. The smallest absolute Gasteiger partial charge is 0.485 e. The molecule has 0 rings (SSSR count). The van der Waals surface area contributed by atoms with Crippen molar-refractivity contribution in [3.63, 3.8) is 0 Å². The molecule has 0 aromatic carbocycles. The first-order valence-electron chi connectivity index (χ1n) is 6.89. The molecule has 11 heteroatoms. The van der Waals surface area contributed by atoms with E-state index in [4.69, 9.17) is 23.4 Å². The Morgan fingerprint density at radius 2 is 1.83 bits per heavy atom. The second-order valence-electron chi connectivity index (χ2n) is 4.98. The van der Waals surface area contributed by atoms with Gasteiger partial charge in [-0.15, -0.1) is 0 Å². The third-order valence-corrected chi connectivity index (χ3v) is 4.66. The summed E-state index contributed by atoms with van der Waals surface area (Å²) in [4.78, 5) is 11.3. The van der Waals surface area contributed by atoms with Crippen LogP contribution in [0.2, 0.25) is 0 Å². The van der Waals surface area contributed by atoms with E-state index in [-0.39, 0.29) is 5.97 Å². The van der Waals surface area contributed by atoms with Crippen LogP contribution in [-0.2, 0) is 30.5 Å². The second-order valence-corrected chi connectivity index (χ2v) is 8.66. The molecule has 0 aliphatic heterocycles. The number of allylic oxidation sites excluding steroid dienone is 1. The lowest BCUT2D eigenvalue weighted by molar-refractivity contribution is -0.144. The molecule has 2 atom stereocenters. The second kappa shape index (κ2) is 11.7. The zero-order valence-corrected chi connectivity index (χ0v) is 15.7. The van der Waals surface area contributed by atoms with Crippen LogP contribution in [0, 0.1) is 0 Å². The normalized spacial score (nSPS) is 14.0. The highest BCUT2D eigenvalue weighted by Crippen LogP contribution is 2.20. The number of rotatable bonds is 7. The van der Waals surface area contributed by atoms with Crippen molar-refractivity contribution >= 4 is 27.0 Å². The fourth-order valence-electron chi connectivity index (χ4n) is 1.09. The summed E-state index contributed by atoms with van der Waals surface area (Å²) in [7, 11) is -5.79.